The molecule has 0 saturated carbocycles. The van der Waals surface area contributed by atoms with Gasteiger partial charge >= 0.3 is 0 Å². The zero-order chi connectivity index (χ0) is 24.4. The third-order valence-electron chi connectivity index (χ3n) is 5.72. The molecule has 5 rings (SSSR count). The highest BCUT2D eigenvalue weighted by atomic mass is 35.5. The summed E-state index contributed by atoms with van der Waals surface area (Å²) in [5, 5.41) is 22.5. The first-order chi connectivity index (χ1) is 17.0. The fraction of sp³-hybridized carbons (Fsp3) is 0.154. The first kappa shape index (κ1) is 23.8. The van der Waals surface area contributed by atoms with E-state index < -0.39 is 11.9 Å². The lowest BCUT2D eigenvalue weighted by molar-refractivity contribution is 0.0903. The van der Waals surface area contributed by atoms with Crippen molar-refractivity contribution in [1.82, 2.24) is 15.1 Å². The molecule has 9 heteroatoms. The smallest absolute Gasteiger partial charge is 0.272 e. The van der Waals surface area contributed by atoms with E-state index >= 15 is 0 Å². The van der Waals surface area contributed by atoms with E-state index in [4.69, 9.17) is 33.0 Å². The molecule has 2 aromatic heterocycles. The second-order valence-corrected chi connectivity index (χ2v) is 9.65. The van der Waals surface area contributed by atoms with Crippen LogP contribution in [0.2, 0.25) is 10.0 Å². The van der Waals surface area contributed by atoms with Gasteiger partial charge in [0.15, 0.2) is 5.69 Å². The number of amides is 1. The monoisotopic (exact) mass is 525 g/mol. The van der Waals surface area contributed by atoms with Crippen molar-refractivity contribution in [1.29, 1.82) is 0 Å². The molecular weight excluding hydrogens is 505 g/mol. The number of halogens is 2. The minimum absolute atomic E-state index is 0.219. The fourth-order valence-corrected chi connectivity index (χ4v) is 5.18. The van der Waals surface area contributed by atoms with Gasteiger partial charge < -0.3 is 15.2 Å². The highest BCUT2D eigenvalue weighted by Crippen LogP contribution is 2.35. The van der Waals surface area contributed by atoms with Crippen molar-refractivity contribution in [2.75, 3.05) is 13.2 Å². The summed E-state index contributed by atoms with van der Waals surface area (Å²) in [6.07, 6.45) is 2.03. The number of carbonyl (C=O) groups excluding carboxylic acids is 1. The average molecular weight is 526 g/mol. The summed E-state index contributed by atoms with van der Waals surface area (Å²) >= 11 is 14.3. The predicted octanol–water partition coefficient (Wildman–Crippen LogP) is 5.77. The lowest BCUT2D eigenvalue weighted by Gasteiger charge is -2.20. The van der Waals surface area contributed by atoms with E-state index in [0.717, 1.165) is 22.4 Å². The lowest BCUT2D eigenvalue weighted by atomic mass is 10.0. The van der Waals surface area contributed by atoms with Crippen LogP contribution in [0, 0.1) is 0 Å². The largest absolute Gasteiger partial charge is 0.394 e. The molecule has 0 spiro atoms. The number of thiophene rings is 1. The average Bonchev–Trinajstić information content (AvgIpc) is 3.52. The molecular formula is C26H21Cl2N3O3S. The normalized spacial score (nSPS) is 15.1. The number of aliphatic hydroxyl groups is 1. The van der Waals surface area contributed by atoms with Crippen LogP contribution in [-0.2, 0) is 11.3 Å². The third kappa shape index (κ3) is 4.91. The molecule has 1 atom stereocenters. The Kier molecular flexibility index (Phi) is 7.04. The highest BCUT2D eigenvalue weighted by molar-refractivity contribution is 7.08. The molecule has 2 aromatic carbocycles. The molecule has 0 radical (unpaired) electrons. The second kappa shape index (κ2) is 10.4. The number of aromatic nitrogens is 2. The quantitative estimate of drug-likeness (QED) is 0.334. The standard InChI is InChI=1S/C26H21Cl2N3O3S/c27-19-6-7-23(21(28)11-19)31-25-18(10-16-8-9-35-15-16)13-34-14-20(25)24(30-31)26(33)29-22(12-32)17-4-2-1-3-5-17/h1-11,15,22,32H,12-14H2,(H,29,33)/t22-/m1/s1. The van der Waals surface area contributed by atoms with Gasteiger partial charge in [0.25, 0.3) is 5.91 Å². The molecule has 3 heterocycles. The van der Waals surface area contributed by atoms with Gasteiger partial charge in [-0.25, -0.2) is 4.68 Å². The first-order valence-corrected chi connectivity index (χ1v) is 12.6. The van der Waals surface area contributed by atoms with E-state index in [2.05, 4.69) is 5.32 Å². The summed E-state index contributed by atoms with van der Waals surface area (Å²) in [6, 6.07) is 15.9. The number of nitrogens with zero attached hydrogens (tertiary/aromatic N) is 2. The van der Waals surface area contributed by atoms with E-state index in [1.54, 1.807) is 34.2 Å². The van der Waals surface area contributed by atoms with E-state index in [-0.39, 0.29) is 18.9 Å². The van der Waals surface area contributed by atoms with Gasteiger partial charge in [-0.3, -0.25) is 4.79 Å². The molecule has 0 unspecified atom stereocenters. The van der Waals surface area contributed by atoms with Crippen molar-refractivity contribution in [3.05, 3.63) is 103 Å². The van der Waals surface area contributed by atoms with Crippen LogP contribution in [0.15, 0.2) is 65.4 Å². The Morgan fingerprint density at radius 1 is 1.20 bits per heavy atom. The third-order valence-corrected chi connectivity index (χ3v) is 6.96. The number of rotatable bonds is 6. The van der Waals surface area contributed by atoms with Crippen LogP contribution in [0.3, 0.4) is 0 Å². The van der Waals surface area contributed by atoms with Crippen LogP contribution >= 0.6 is 34.5 Å². The molecule has 1 aliphatic heterocycles. The van der Waals surface area contributed by atoms with Crippen LogP contribution in [0.5, 0.6) is 0 Å². The molecule has 1 amide bonds. The Hall–Kier alpha value is -2.94. The van der Waals surface area contributed by atoms with Crippen molar-refractivity contribution >= 4 is 52.1 Å². The molecule has 6 nitrogen and oxygen atoms in total. The van der Waals surface area contributed by atoms with Crippen molar-refractivity contribution < 1.29 is 14.6 Å². The van der Waals surface area contributed by atoms with Crippen LogP contribution in [-0.4, -0.2) is 34.0 Å². The second-order valence-electron chi connectivity index (χ2n) is 8.02. The Bertz CT molecular complexity index is 1380. The molecule has 2 N–H and O–H groups in total. The Morgan fingerprint density at radius 2 is 2.03 bits per heavy atom. The number of aliphatic hydroxyl groups excluding tert-OH is 1. The zero-order valence-corrected chi connectivity index (χ0v) is 20.8. The minimum Gasteiger partial charge on any atom is -0.394 e. The Morgan fingerprint density at radius 3 is 2.74 bits per heavy atom. The summed E-state index contributed by atoms with van der Waals surface area (Å²) in [5.41, 5.74) is 4.95. The topological polar surface area (TPSA) is 76.4 Å². The maximum absolute atomic E-state index is 13.4. The van der Waals surface area contributed by atoms with Crippen LogP contribution < -0.4 is 5.32 Å². The molecule has 0 bridgehead atoms. The summed E-state index contributed by atoms with van der Waals surface area (Å²) < 4.78 is 7.54. The van der Waals surface area contributed by atoms with Crippen molar-refractivity contribution in [2.45, 2.75) is 12.6 Å². The van der Waals surface area contributed by atoms with Gasteiger partial charge in [-0.05, 0) is 52.2 Å². The number of hydrogen-bond acceptors (Lipinski definition) is 5. The number of benzene rings is 2. The maximum Gasteiger partial charge on any atom is 0.272 e. The van der Waals surface area contributed by atoms with Gasteiger partial charge in [-0.15, -0.1) is 0 Å². The zero-order valence-electron chi connectivity index (χ0n) is 18.4. The van der Waals surface area contributed by atoms with Crippen molar-refractivity contribution in [3.63, 3.8) is 0 Å². The van der Waals surface area contributed by atoms with Gasteiger partial charge in [0, 0.05) is 16.2 Å². The van der Waals surface area contributed by atoms with Gasteiger partial charge in [0.2, 0.25) is 0 Å². The summed E-state index contributed by atoms with van der Waals surface area (Å²) in [4.78, 5) is 13.4. The minimum atomic E-state index is -0.575. The number of nitrogens with one attached hydrogen (secondary N) is 1. The fourth-order valence-electron chi connectivity index (χ4n) is 4.07. The first-order valence-electron chi connectivity index (χ1n) is 10.9. The van der Waals surface area contributed by atoms with E-state index in [1.165, 1.54) is 0 Å². The Labute approximate surface area is 216 Å². The number of carbonyl (C=O) groups is 1. The van der Waals surface area contributed by atoms with E-state index in [9.17, 15) is 9.90 Å². The van der Waals surface area contributed by atoms with Gasteiger partial charge in [-0.2, -0.15) is 16.4 Å². The van der Waals surface area contributed by atoms with E-state index in [0.29, 0.717) is 27.9 Å². The molecule has 0 aliphatic carbocycles. The molecule has 4 aromatic rings. The maximum atomic E-state index is 13.4. The van der Waals surface area contributed by atoms with Gasteiger partial charge in [0.05, 0.1) is 42.3 Å². The SMILES string of the molecule is O=C(N[C@H](CO)c1ccccc1)c1nn(-c2ccc(Cl)cc2Cl)c2c1COCC2=Cc1ccsc1. The number of fused-ring (bicyclic) bond motifs is 1. The number of hydrogen-bond donors (Lipinski definition) is 2. The predicted molar refractivity (Wildman–Crippen MR) is 139 cm³/mol. The molecule has 0 fully saturated rings. The lowest BCUT2D eigenvalue weighted by Crippen LogP contribution is -2.32. The summed E-state index contributed by atoms with van der Waals surface area (Å²) in [7, 11) is 0. The summed E-state index contributed by atoms with van der Waals surface area (Å²) in [6.45, 7) is 0.338. The molecule has 0 saturated heterocycles. The van der Waals surface area contributed by atoms with E-state index in [1.807, 2.05) is 53.2 Å². The number of ether oxygens (including phenoxy) is 1. The molecule has 1 aliphatic rings. The molecule has 178 valence electrons. The highest BCUT2D eigenvalue weighted by Gasteiger charge is 2.30. The molecule has 35 heavy (non-hydrogen) atoms. The summed E-state index contributed by atoms with van der Waals surface area (Å²) in [5.74, 6) is -0.409. The van der Waals surface area contributed by atoms with Crippen molar-refractivity contribution in [3.8, 4) is 5.69 Å². The van der Waals surface area contributed by atoms with Gasteiger partial charge in [-0.1, -0.05) is 53.5 Å². The van der Waals surface area contributed by atoms with Crippen LogP contribution in [0.25, 0.3) is 17.3 Å². The van der Waals surface area contributed by atoms with Crippen molar-refractivity contribution in [2.24, 2.45) is 0 Å². The van der Waals surface area contributed by atoms with Crippen LogP contribution in [0.1, 0.15) is 38.9 Å². The van der Waals surface area contributed by atoms with Crippen LogP contribution in [0.4, 0.5) is 0 Å². The Balaban J connectivity index is 1.61. The van der Waals surface area contributed by atoms with Gasteiger partial charge in [0.1, 0.15) is 0 Å².